The number of hydrogen-bond acceptors (Lipinski definition) is 4. The van der Waals surface area contributed by atoms with Gasteiger partial charge in [-0.25, -0.2) is 8.42 Å². The number of nitrogens with two attached hydrogens (primary N) is 1. The van der Waals surface area contributed by atoms with Gasteiger partial charge >= 0.3 is 0 Å². The van der Waals surface area contributed by atoms with E-state index in [2.05, 4.69) is 0 Å². The molecule has 0 aliphatic heterocycles. The number of carbonyl (C=O) groups excluding carboxylic acids is 1. The number of Topliss-reactive ketones (excluding diaryl/α,β-unsaturated/α-hetero) is 1. The molecule has 1 aliphatic rings. The van der Waals surface area contributed by atoms with Crippen molar-refractivity contribution in [1.82, 2.24) is 0 Å². The Hall–Kier alpha value is -1.62. The number of nitrogen functional groups attached to an aromatic ring is 1. The van der Waals surface area contributed by atoms with Crippen molar-refractivity contribution >= 4 is 21.3 Å². The number of anilines is 1. The summed E-state index contributed by atoms with van der Waals surface area (Å²) in [5.74, 6) is -0.114. The smallest absolute Gasteiger partial charge is 0.188 e. The van der Waals surface area contributed by atoms with Crippen LogP contribution in [0.1, 0.15) is 36.0 Å². The SMILES string of the molecule is CS(=O)(=O)c1cc(N)cc(C(=O)C2=CCCCC2)c1. The second kappa shape index (κ2) is 5.17. The molecule has 0 spiro atoms. The normalized spacial score (nSPS) is 15.9. The molecule has 0 saturated heterocycles. The third kappa shape index (κ3) is 3.23. The van der Waals surface area contributed by atoms with E-state index in [1.165, 1.54) is 18.2 Å². The summed E-state index contributed by atoms with van der Waals surface area (Å²) in [7, 11) is -3.36. The van der Waals surface area contributed by atoms with Gasteiger partial charge in [0.1, 0.15) is 0 Å². The third-order valence-electron chi connectivity index (χ3n) is 3.20. The van der Waals surface area contributed by atoms with Gasteiger partial charge in [0, 0.05) is 17.5 Å². The molecule has 0 fully saturated rings. The summed E-state index contributed by atoms with van der Waals surface area (Å²) in [6.45, 7) is 0. The highest BCUT2D eigenvalue weighted by Crippen LogP contribution is 2.24. The van der Waals surface area contributed by atoms with Crippen LogP contribution in [-0.2, 0) is 9.84 Å². The van der Waals surface area contributed by atoms with Crippen LogP contribution in [-0.4, -0.2) is 20.5 Å². The van der Waals surface area contributed by atoms with Gasteiger partial charge in [-0.05, 0) is 49.5 Å². The zero-order valence-corrected chi connectivity index (χ0v) is 11.7. The lowest BCUT2D eigenvalue weighted by Gasteiger charge is -2.12. The van der Waals surface area contributed by atoms with Gasteiger partial charge in [-0.1, -0.05) is 6.08 Å². The zero-order valence-electron chi connectivity index (χ0n) is 10.8. The molecule has 0 unspecified atom stereocenters. The summed E-state index contributed by atoms with van der Waals surface area (Å²) in [6.07, 6.45) is 6.80. The largest absolute Gasteiger partial charge is 0.399 e. The molecule has 1 aromatic rings. The Morgan fingerprint density at radius 1 is 1.21 bits per heavy atom. The second-order valence-corrected chi connectivity index (χ2v) is 6.88. The van der Waals surface area contributed by atoms with Gasteiger partial charge in [-0.3, -0.25) is 4.79 Å². The standard InChI is InChI=1S/C14H17NO3S/c1-19(17,18)13-8-11(7-12(15)9-13)14(16)10-5-3-2-4-6-10/h5,7-9H,2-4,6,15H2,1H3. The molecule has 2 rings (SSSR count). The predicted octanol–water partition coefficient (Wildman–Crippen LogP) is 2.36. The maximum Gasteiger partial charge on any atom is 0.188 e. The fourth-order valence-electron chi connectivity index (χ4n) is 2.20. The van der Waals surface area contributed by atoms with Crippen LogP contribution in [0.4, 0.5) is 5.69 Å². The number of sulfone groups is 1. The topological polar surface area (TPSA) is 77.2 Å². The van der Waals surface area contributed by atoms with E-state index in [4.69, 9.17) is 5.73 Å². The summed E-state index contributed by atoms with van der Waals surface area (Å²) < 4.78 is 23.1. The van der Waals surface area contributed by atoms with Gasteiger partial charge in [0.2, 0.25) is 0 Å². The van der Waals surface area contributed by atoms with Gasteiger partial charge < -0.3 is 5.73 Å². The highest BCUT2D eigenvalue weighted by atomic mass is 32.2. The Bertz CT molecular complexity index is 645. The Labute approximate surface area is 113 Å². The summed E-state index contributed by atoms with van der Waals surface area (Å²) in [5.41, 5.74) is 7.10. The molecule has 4 nitrogen and oxygen atoms in total. The molecule has 5 heteroatoms. The molecule has 0 aromatic heterocycles. The van der Waals surface area contributed by atoms with Gasteiger partial charge in [-0.15, -0.1) is 0 Å². The van der Waals surface area contributed by atoms with Gasteiger partial charge in [0.15, 0.2) is 15.6 Å². The Balaban J connectivity index is 2.42. The molecule has 0 saturated carbocycles. The molecule has 19 heavy (non-hydrogen) atoms. The molecule has 1 aromatic carbocycles. The summed E-state index contributed by atoms with van der Waals surface area (Å²) >= 11 is 0. The van der Waals surface area contributed by atoms with Crippen molar-refractivity contribution in [3.63, 3.8) is 0 Å². The van der Waals surface area contributed by atoms with Crippen molar-refractivity contribution in [1.29, 1.82) is 0 Å². The number of rotatable bonds is 3. The summed E-state index contributed by atoms with van der Waals surface area (Å²) in [4.78, 5) is 12.4. The van der Waals surface area contributed by atoms with Crippen molar-refractivity contribution in [2.24, 2.45) is 0 Å². The molecule has 0 atom stereocenters. The van der Waals surface area contributed by atoms with Gasteiger partial charge in [-0.2, -0.15) is 0 Å². The summed E-state index contributed by atoms with van der Waals surface area (Å²) in [5, 5.41) is 0. The van der Waals surface area contributed by atoms with E-state index < -0.39 is 9.84 Å². The maximum atomic E-state index is 12.3. The zero-order chi connectivity index (χ0) is 14.0. The van der Waals surface area contributed by atoms with E-state index in [1.54, 1.807) is 0 Å². The highest BCUT2D eigenvalue weighted by molar-refractivity contribution is 7.90. The van der Waals surface area contributed by atoms with E-state index in [0.717, 1.165) is 37.5 Å². The first-order valence-corrected chi connectivity index (χ1v) is 8.11. The fraction of sp³-hybridized carbons (Fsp3) is 0.357. The molecular weight excluding hydrogens is 262 g/mol. The van der Waals surface area contributed by atoms with Crippen LogP contribution in [0.3, 0.4) is 0 Å². The fourth-order valence-corrected chi connectivity index (χ4v) is 2.89. The highest BCUT2D eigenvalue weighted by Gasteiger charge is 2.17. The Kier molecular flexibility index (Phi) is 3.75. The second-order valence-electron chi connectivity index (χ2n) is 4.87. The lowest BCUT2D eigenvalue weighted by Crippen LogP contribution is -2.09. The Morgan fingerprint density at radius 2 is 1.95 bits per heavy atom. The Morgan fingerprint density at radius 3 is 2.53 bits per heavy atom. The van der Waals surface area contributed by atoms with Crippen LogP contribution in [0.5, 0.6) is 0 Å². The lowest BCUT2D eigenvalue weighted by molar-refractivity contribution is 0.102. The first-order chi connectivity index (χ1) is 8.88. The van der Waals surface area contributed by atoms with Crippen LogP contribution in [0, 0.1) is 0 Å². The quantitative estimate of drug-likeness (QED) is 0.680. The first-order valence-electron chi connectivity index (χ1n) is 6.22. The van der Waals surface area contributed by atoms with Crippen LogP contribution < -0.4 is 5.73 Å². The molecule has 1 aliphatic carbocycles. The van der Waals surface area contributed by atoms with E-state index in [-0.39, 0.29) is 10.7 Å². The van der Waals surface area contributed by atoms with Crippen molar-refractivity contribution in [3.05, 3.63) is 35.4 Å². The number of allylic oxidation sites excluding steroid dienone is 2. The first kappa shape index (κ1) is 13.8. The average Bonchev–Trinajstić information content (AvgIpc) is 2.37. The van der Waals surface area contributed by atoms with Crippen molar-refractivity contribution in [2.75, 3.05) is 12.0 Å². The molecule has 2 N–H and O–H groups in total. The van der Waals surface area contributed by atoms with Crippen LogP contribution >= 0.6 is 0 Å². The minimum absolute atomic E-state index is 0.0901. The van der Waals surface area contributed by atoms with Crippen molar-refractivity contribution in [3.8, 4) is 0 Å². The van der Waals surface area contributed by atoms with Crippen molar-refractivity contribution < 1.29 is 13.2 Å². The van der Waals surface area contributed by atoms with Crippen LogP contribution in [0.2, 0.25) is 0 Å². The van der Waals surface area contributed by atoms with E-state index in [9.17, 15) is 13.2 Å². The van der Waals surface area contributed by atoms with E-state index >= 15 is 0 Å². The lowest BCUT2D eigenvalue weighted by atomic mass is 9.93. The monoisotopic (exact) mass is 279 g/mol. The maximum absolute atomic E-state index is 12.3. The van der Waals surface area contributed by atoms with Gasteiger partial charge in [0.25, 0.3) is 0 Å². The van der Waals surface area contributed by atoms with Crippen molar-refractivity contribution in [2.45, 2.75) is 30.6 Å². The molecule has 0 bridgehead atoms. The minimum Gasteiger partial charge on any atom is -0.399 e. The van der Waals surface area contributed by atoms with E-state index in [0.29, 0.717) is 11.3 Å². The number of ketones is 1. The summed E-state index contributed by atoms with van der Waals surface area (Å²) in [6, 6.07) is 4.32. The molecule has 0 radical (unpaired) electrons. The molecule has 0 amide bonds. The molecular formula is C14H17NO3S. The molecule has 0 heterocycles. The van der Waals surface area contributed by atoms with Crippen LogP contribution in [0.25, 0.3) is 0 Å². The van der Waals surface area contributed by atoms with E-state index in [1.807, 2.05) is 6.08 Å². The third-order valence-corrected chi connectivity index (χ3v) is 4.29. The number of carbonyl (C=O) groups is 1. The average molecular weight is 279 g/mol. The minimum atomic E-state index is -3.36. The molecule has 102 valence electrons. The number of benzene rings is 1. The number of hydrogen-bond donors (Lipinski definition) is 1. The predicted molar refractivity (Wildman–Crippen MR) is 74.8 cm³/mol. The van der Waals surface area contributed by atoms with Crippen LogP contribution in [0.15, 0.2) is 34.7 Å². The van der Waals surface area contributed by atoms with Gasteiger partial charge in [0.05, 0.1) is 4.90 Å².